The molecule has 1 aromatic carbocycles. The lowest BCUT2D eigenvalue weighted by atomic mass is 9.55. The summed E-state index contributed by atoms with van der Waals surface area (Å²) in [5.41, 5.74) is 5.77. The van der Waals surface area contributed by atoms with Crippen LogP contribution in [-0.4, -0.2) is 24.7 Å². The molecular weight excluding hydrogens is 526 g/mol. The first-order valence-electron chi connectivity index (χ1n) is 16.1. The van der Waals surface area contributed by atoms with Crippen LogP contribution in [0, 0.1) is 11.8 Å². The summed E-state index contributed by atoms with van der Waals surface area (Å²) in [6, 6.07) is 8.65. The van der Waals surface area contributed by atoms with Crippen LogP contribution in [0.4, 0.5) is 0 Å². The van der Waals surface area contributed by atoms with E-state index in [0.29, 0.717) is 18.9 Å². The van der Waals surface area contributed by atoms with Gasteiger partial charge in [0, 0.05) is 12.0 Å². The average molecular weight is 582 g/mol. The molecule has 3 nitrogen and oxygen atoms in total. The number of allylic oxidation sites excluding steroid dienone is 9. The van der Waals surface area contributed by atoms with Crippen molar-refractivity contribution in [3.8, 4) is 0 Å². The van der Waals surface area contributed by atoms with E-state index in [1.807, 2.05) is 26.0 Å². The molecule has 0 unspecified atom stereocenters. The number of hydrogen-bond donors (Lipinski definition) is 1. The summed E-state index contributed by atoms with van der Waals surface area (Å²) in [5.74, 6) is 0.995. The number of hydrogen-bond acceptors (Lipinski definition) is 3. The van der Waals surface area contributed by atoms with Gasteiger partial charge in [-0.1, -0.05) is 113 Å². The van der Waals surface area contributed by atoms with Crippen molar-refractivity contribution in [2.75, 3.05) is 13.1 Å². The quantitative estimate of drug-likeness (QED) is 0.0442. The van der Waals surface area contributed by atoms with Crippen molar-refractivity contribution in [3.63, 3.8) is 0 Å². The summed E-state index contributed by atoms with van der Waals surface area (Å²) in [7, 11) is 0. The maximum absolute atomic E-state index is 13.1. The van der Waals surface area contributed by atoms with E-state index in [0.717, 1.165) is 47.5 Å². The van der Waals surface area contributed by atoms with Crippen molar-refractivity contribution < 1.29 is 9.59 Å². The van der Waals surface area contributed by atoms with Gasteiger partial charge in [-0.25, -0.2) is 0 Å². The first-order chi connectivity index (χ1) is 20.6. The molecule has 1 aromatic rings. The summed E-state index contributed by atoms with van der Waals surface area (Å²) < 4.78 is 0. The molecule has 0 amide bonds. The molecule has 0 saturated heterocycles. The van der Waals surface area contributed by atoms with Crippen LogP contribution in [-0.2, 0) is 15.0 Å². The lowest BCUT2D eigenvalue weighted by molar-refractivity contribution is -0.118. The smallest absolute Gasteiger partial charge is 0.189 e. The Morgan fingerprint density at radius 3 is 2.51 bits per heavy atom. The standard InChI is InChI=1S/C40H55NO2/c1-9-18-38(42)37(26-34(11-3)20-15-13-12-14-19-31(6)10-2)39(43)29-41-24-17-22-35-21-16-23-36(25-35)40(27-32(7)28-40)33(8)30(4)5/h9,11,13,15-18,21-23,25-26,31-32,41H,4,8,10,12,14,19-20,24,27-29H2,1-3,5-7H3/b15-13+,18-9+,22-17+,34-11-,37-26+/t31-,32?,40?/m0/s1. The van der Waals surface area contributed by atoms with Crippen molar-refractivity contribution in [3.05, 3.63) is 113 Å². The van der Waals surface area contributed by atoms with Crippen LogP contribution in [0.2, 0.25) is 0 Å². The lowest BCUT2D eigenvalue weighted by Gasteiger charge is -2.49. The van der Waals surface area contributed by atoms with Gasteiger partial charge in [0.25, 0.3) is 0 Å². The van der Waals surface area contributed by atoms with Crippen molar-refractivity contribution in [2.24, 2.45) is 11.8 Å². The number of Topliss-reactive ketones (excluding diaryl/α,β-unsaturated/α-hetero) is 1. The fourth-order valence-corrected chi connectivity index (χ4v) is 5.80. The number of nitrogens with one attached hydrogen (secondary N) is 1. The summed E-state index contributed by atoms with van der Waals surface area (Å²) >= 11 is 0. The van der Waals surface area contributed by atoms with Gasteiger partial charge in [-0.05, 0) is 99.1 Å². The minimum Gasteiger partial charge on any atom is -0.306 e. The summed E-state index contributed by atoms with van der Waals surface area (Å²) in [4.78, 5) is 25.9. The first-order valence-corrected chi connectivity index (χ1v) is 16.1. The molecular formula is C40H55NO2. The number of rotatable bonds is 19. The lowest BCUT2D eigenvalue weighted by Crippen LogP contribution is -2.41. The van der Waals surface area contributed by atoms with Crippen molar-refractivity contribution in [1.29, 1.82) is 0 Å². The Labute approximate surface area is 262 Å². The average Bonchev–Trinajstić information content (AvgIpc) is 2.97. The highest BCUT2D eigenvalue weighted by atomic mass is 16.1. The summed E-state index contributed by atoms with van der Waals surface area (Å²) in [5, 5.41) is 3.20. The van der Waals surface area contributed by atoms with Gasteiger partial charge in [0.15, 0.2) is 11.6 Å². The number of carbonyl (C=O) groups excluding carboxylic acids is 2. The fourth-order valence-electron chi connectivity index (χ4n) is 5.80. The number of ketones is 2. The van der Waals surface area contributed by atoms with Crippen LogP contribution in [0.5, 0.6) is 0 Å². The van der Waals surface area contributed by atoms with Crippen LogP contribution in [0.3, 0.4) is 0 Å². The van der Waals surface area contributed by atoms with Crippen LogP contribution in [0.25, 0.3) is 6.08 Å². The van der Waals surface area contributed by atoms with E-state index in [1.54, 1.807) is 19.1 Å². The Balaban J connectivity index is 1.99. The second-order valence-corrected chi connectivity index (χ2v) is 12.3. The van der Waals surface area contributed by atoms with Gasteiger partial charge in [-0.15, -0.1) is 0 Å². The third-order valence-electron chi connectivity index (χ3n) is 8.65. The van der Waals surface area contributed by atoms with Gasteiger partial charge in [0.2, 0.25) is 0 Å². The van der Waals surface area contributed by atoms with Crippen molar-refractivity contribution in [2.45, 2.75) is 91.9 Å². The zero-order valence-electron chi connectivity index (χ0n) is 27.7. The van der Waals surface area contributed by atoms with E-state index < -0.39 is 0 Å². The first kappa shape index (κ1) is 35.9. The Morgan fingerprint density at radius 1 is 1.14 bits per heavy atom. The van der Waals surface area contributed by atoms with Crippen LogP contribution >= 0.6 is 0 Å². The van der Waals surface area contributed by atoms with Crippen LogP contribution in [0.1, 0.15) is 97.6 Å². The van der Waals surface area contributed by atoms with Crippen LogP contribution < -0.4 is 5.32 Å². The van der Waals surface area contributed by atoms with Crippen molar-refractivity contribution >= 4 is 17.6 Å². The van der Waals surface area contributed by atoms with Crippen LogP contribution in [0.15, 0.2) is 102 Å². The molecule has 1 N–H and O–H groups in total. The minimum absolute atomic E-state index is 0.0170. The molecule has 0 heterocycles. The van der Waals surface area contributed by atoms with E-state index in [2.05, 4.69) is 81.7 Å². The Morgan fingerprint density at radius 2 is 1.88 bits per heavy atom. The maximum atomic E-state index is 13.1. The van der Waals surface area contributed by atoms with E-state index in [1.165, 1.54) is 30.9 Å². The predicted octanol–water partition coefficient (Wildman–Crippen LogP) is 9.84. The molecule has 0 aromatic heterocycles. The van der Waals surface area contributed by atoms with E-state index in [-0.39, 0.29) is 29.1 Å². The SMILES string of the molecule is C=C(C)C(=C)C1(c2cccc(/C=C/CNCC(=O)/C(=C/C(=C\C)C/C=C/CCC[C@@H](C)CC)C(=O)/C=C/C)c2)CC(C)C1. The Bertz CT molecular complexity index is 1260. The molecule has 1 aliphatic carbocycles. The normalized spacial score (nSPS) is 20.1. The summed E-state index contributed by atoms with van der Waals surface area (Å²) in [6.45, 7) is 21.8. The molecule has 0 aliphatic heterocycles. The Hall–Kier alpha value is -3.30. The van der Waals surface area contributed by atoms with E-state index >= 15 is 0 Å². The van der Waals surface area contributed by atoms with Gasteiger partial charge in [-0.3, -0.25) is 9.59 Å². The van der Waals surface area contributed by atoms with Gasteiger partial charge in [0.1, 0.15) is 0 Å². The highest BCUT2D eigenvalue weighted by molar-refractivity contribution is 6.24. The molecule has 0 spiro atoms. The molecule has 1 aliphatic rings. The molecule has 0 bridgehead atoms. The molecule has 1 atom stereocenters. The molecule has 1 fully saturated rings. The molecule has 3 heteroatoms. The fraction of sp³-hybridized carbons (Fsp3) is 0.450. The second kappa shape index (κ2) is 18.4. The zero-order valence-corrected chi connectivity index (χ0v) is 27.7. The van der Waals surface area contributed by atoms with Crippen molar-refractivity contribution in [1.82, 2.24) is 5.32 Å². The maximum Gasteiger partial charge on any atom is 0.189 e. The molecule has 1 saturated carbocycles. The van der Waals surface area contributed by atoms with Gasteiger partial charge < -0.3 is 5.32 Å². The topological polar surface area (TPSA) is 46.2 Å². The highest BCUT2D eigenvalue weighted by Crippen LogP contribution is 2.53. The highest BCUT2D eigenvalue weighted by Gasteiger charge is 2.45. The third-order valence-corrected chi connectivity index (χ3v) is 8.65. The molecule has 2 rings (SSSR count). The second-order valence-electron chi connectivity index (χ2n) is 12.3. The molecule has 0 radical (unpaired) electrons. The van der Waals surface area contributed by atoms with E-state index in [9.17, 15) is 9.59 Å². The van der Waals surface area contributed by atoms with E-state index in [4.69, 9.17) is 0 Å². The molecule has 43 heavy (non-hydrogen) atoms. The zero-order chi connectivity index (χ0) is 31.8. The molecule has 232 valence electrons. The number of benzene rings is 1. The third kappa shape index (κ3) is 11.0. The van der Waals surface area contributed by atoms with Gasteiger partial charge >= 0.3 is 0 Å². The minimum atomic E-state index is -0.255. The number of carbonyl (C=O) groups is 2. The summed E-state index contributed by atoms with van der Waals surface area (Å²) in [6.07, 6.45) is 22.9. The monoisotopic (exact) mass is 581 g/mol. The van der Waals surface area contributed by atoms with Gasteiger partial charge in [0.05, 0.1) is 12.1 Å². The predicted molar refractivity (Wildman–Crippen MR) is 186 cm³/mol. The number of unbranched alkanes of at least 4 members (excludes halogenated alkanes) is 1. The largest absolute Gasteiger partial charge is 0.306 e. The Kier molecular flexibility index (Phi) is 15.3. The van der Waals surface area contributed by atoms with Gasteiger partial charge in [-0.2, -0.15) is 0 Å².